The second kappa shape index (κ2) is 2.96. The van der Waals surface area contributed by atoms with E-state index in [4.69, 9.17) is 0 Å². The van der Waals surface area contributed by atoms with E-state index in [9.17, 15) is 4.57 Å². The first-order valence-electron chi connectivity index (χ1n) is 1.03. The van der Waals surface area contributed by atoms with Crippen LogP contribution in [0.5, 0.6) is 0 Å². The van der Waals surface area contributed by atoms with Crippen LogP contribution in [0.4, 0.5) is 0 Å². The molecule has 0 radical (unpaired) electrons. The van der Waals surface area contributed by atoms with E-state index in [1.807, 2.05) is 6.66 Å². The lowest BCUT2D eigenvalue weighted by Gasteiger charge is -1.52. The van der Waals surface area contributed by atoms with Gasteiger partial charge in [0.25, 0.3) is 0 Å². The Labute approximate surface area is 38.4 Å². The molecule has 5 heavy (non-hydrogen) atoms. The largest absolute Gasteiger partial charge is 0.266 e. The fraction of sp³-hybridized carbons (Fsp3) is 1.00. The normalized spacial score (nSPS) is 12.0. The molecular weight excluding hydrogens is 122 g/mol. The average molecular weight is 126 g/mol. The maximum absolute atomic E-state index is 9.81. The fourth-order valence-electron chi connectivity index (χ4n) is 0. The smallest absolute Gasteiger partial charge is 0.177 e. The molecule has 4 heteroatoms. The van der Waals surface area contributed by atoms with Crippen molar-refractivity contribution in [2.45, 2.75) is 0 Å². The summed E-state index contributed by atoms with van der Waals surface area (Å²) in [6.07, 6.45) is -1.18. The van der Waals surface area contributed by atoms with Gasteiger partial charge in [-0.25, -0.2) is 0 Å². The Morgan fingerprint density at radius 2 is 2.20 bits per heavy atom. The Morgan fingerprint density at radius 1 is 2.00 bits per heavy atom. The Balaban J connectivity index is 3.62. The second-order valence-electron chi connectivity index (χ2n) is 0.453. The number of thiol groups is 1. The summed E-state index contributed by atoms with van der Waals surface area (Å²) in [5, 5.41) is 0. The topological polar surface area (TPSA) is 17.1 Å². The molecular formula is CH4OP2S. The van der Waals surface area contributed by atoms with Crippen LogP contribution in [-0.2, 0) is 4.57 Å². The molecule has 0 aliphatic carbocycles. The van der Waals surface area contributed by atoms with Gasteiger partial charge in [0, 0.05) is 0 Å². The van der Waals surface area contributed by atoms with Gasteiger partial charge in [0.15, 0.2) is 6.29 Å². The van der Waals surface area contributed by atoms with Crippen LogP contribution in [0.3, 0.4) is 0 Å². The predicted octanol–water partition coefficient (Wildman–Crippen LogP) is 2.15. The summed E-state index contributed by atoms with van der Waals surface area (Å²) in [4.78, 5) is 0. The molecule has 0 aliphatic heterocycles. The molecule has 0 saturated heterocycles. The molecule has 0 saturated carbocycles. The first kappa shape index (κ1) is 5.75. The molecule has 0 aromatic heterocycles. The summed E-state index contributed by atoms with van der Waals surface area (Å²) < 4.78 is 9.81. The monoisotopic (exact) mass is 126 g/mol. The van der Waals surface area contributed by atoms with Gasteiger partial charge in [0.05, 0.1) is 0 Å². The SMILES string of the molecule is CP=P(=O)S. The molecule has 1 unspecified atom stereocenters. The van der Waals surface area contributed by atoms with E-state index < -0.39 is 6.29 Å². The van der Waals surface area contributed by atoms with Crippen LogP contribution in [0.25, 0.3) is 0 Å². The van der Waals surface area contributed by atoms with Crippen molar-refractivity contribution in [3.63, 3.8) is 0 Å². The summed E-state index contributed by atoms with van der Waals surface area (Å²) in [5.74, 6) is 0. The van der Waals surface area contributed by atoms with Gasteiger partial charge in [-0.3, -0.25) is 4.57 Å². The molecule has 1 nitrogen and oxygen atoms in total. The zero-order valence-corrected chi connectivity index (χ0v) is 5.43. The van der Waals surface area contributed by atoms with Crippen molar-refractivity contribution in [2.75, 3.05) is 6.66 Å². The van der Waals surface area contributed by atoms with Gasteiger partial charge in [0.1, 0.15) is 0 Å². The van der Waals surface area contributed by atoms with Crippen molar-refractivity contribution < 1.29 is 4.57 Å². The van der Waals surface area contributed by atoms with Crippen LogP contribution in [0, 0.1) is 0 Å². The van der Waals surface area contributed by atoms with E-state index in [0.29, 0.717) is 0 Å². The Morgan fingerprint density at radius 3 is 2.20 bits per heavy atom. The maximum atomic E-state index is 9.81. The van der Waals surface area contributed by atoms with Gasteiger partial charge >= 0.3 is 0 Å². The van der Waals surface area contributed by atoms with Crippen molar-refractivity contribution in [1.82, 2.24) is 0 Å². The zero-order valence-electron chi connectivity index (χ0n) is 2.75. The lowest BCUT2D eigenvalue weighted by molar-refractivity contribution is 0.604. The minimum absolute atomic E-state index is 0.870. The Kier molecular flexibility index (Phi) is 3.40. The van der Waals surface area contributed by atoms with E-state index in [1.165, 1.54) is 0 Å². The van der Waals surface area contributed by atoms with E-state index in [2.05, 4.69) is 12.2 Å². The lowest BCUT2D eigenvalue weighted by Crippen LogP contribution is -1.03. The molecule has 0 aromatic carbocycles. The summed E-state index contributed by atoms with van der Waals surface area (Å²) >= 11 is 3.59. The third-order valence-corrected chi connectivity index (χ3v) is 3.15. The van der Waals surface area contributed by atoms with Crippen LogP contribution in [0.1, 0.15) is 0 Å². The van der Waals surface area contributed by atoms with Gasteiger partial charge in [0.2, 0.25) is 0 Å². The molecule has 0 heterocycles. The van der Waals surface area contributed by atoms with Gasteiger partial charge in [-0.15, -0.1) is 0 Å². The molecule has 0 aromatic rings. The van der Waals surface area contributed by atoms with Gasteiger partial charge in [-0.1, -0.05) is 12.2 Å². The second-order valence-corrected chi connectivity index (χ2v) is 5.68. The van der Waals surface area contributed by atoms with Crippen molar-refractivity contribution in [2.24, 2.45) is 0 Å². The minimum Gasteiger partial charge on any atom is -0.266 e. The molecule has 30 valence electrons. The van der Waals surface area contributed by atoms with Crippen LogP contribution >= 0.6 is 26.4 Å². The Hall–Kier alpha value is 0.750. The first-order valence-corrected chi connectivity index (χ1v) is 5.49. The number of hydrogen-bond donors (Lipinski definition) is 1. The van der Waals surface area contributed by atoms with E-state index in [1.54, 1.807) is 0 Å². The molecule has 0 amide bonds. The summed E-state index contributed by atoms with van der Waals surface area (Å²) in [7, 11) is 0.870. The van der Waals surface area contributed by atoms with Crippen LogP contribution in [0.2, 0.25) is 0 Å². The predicted molar refractivity (Wildman–Crippen MR) is 29.4 cm³/mol. The first-order chi connectivity index (χ1) is 2.27. The third kappa shape index (κ3) is 4.75. The highest BCUT2D eigenvalue weighted by molar-refractivity contribution is 8.48. The van der Waals surface area contributed by atoms with Crippen LogP contribution in [0.15, 0.2) is 0 Å². The highest BCUT2D eigenvalue weighted by Gasteiger charge is 1.57. The molecule has 0 rings (SSSR count). The maximum Gasteiger partial charge on any atom is 0.177 e. The number of rotatable bonds is 0. The fourth-order valence-corrected chi connectivity index (χ4v) is 0. The average Bonchev–Trinajstić information content (AvgIpc) is 1.38. The van der Waals surface area contributed by atoms with Gasteiger partial charge in [-0.05, 0) is 14.5 Å². The minimum atomic E-state index is -1.18. The number of hydrogen-bond acceptors (Lipinski definition) is 1. The molecule has 0 aliphatic rings. The summed E-state index contributed by atoms with van der Waals surface area (Å²) in [6.45, 7) is 1.81. The highest BCUT2D eigenvalue weighted by Crippen LogP contribution is 2.23. The van der Waals surface area contributed by atoms with Crippen LogP contribution in [-0.4, -0.2) is 6.66 Å². The quantitative estimate of drug-likeness (QED) is 0.388. The highest BCUT2D eigenvalue weighted by atomic mass is 32.8. The summed E-state index contributed by atoms with van der Waals surface area (Å²) in [6, 6.07) is 0. The summed E-state index contributed by atoms with van der Waals surface area (Å²) in [5.41, 5.74) is 0. The van der Waals surface area contributed by atoms with Gasteiger partial charge < -0.3 is 0 Å². The lowest BCUT2D eigenvalue weighted by atomic mass is 12.0. The van der Waals surface area contributed by atoms with E-state index in [-0.39, 0.29) is 0 Å². The third-order valence-electron chi connectivity index (χ3n) is 0.171. The van der Waals surface area contributed by atoms with E-state index >= 15 is 0 Å². The zero-order chi connectivity index (χ0) is 4.28. The van der Waals surface area contributed by atoms with Crippen molar-refractivity contribution in [3.8, 4) is 0 Å². The molecule has 0 spiro atoms. The Bertz CT molecular complexity index is 81.6. The van der Waals surface area contributed by atoms with Crippen molar-refractivity contribution in [1.29, 1.82) is 0 Å². The standard InChI is InChI=1S/CH4OP2S/c1-3-4(2)5/h1H3,(H,2,5). The molecule has 1 atom stereocenters. The van der Waals surface area contributed by atoms with Crippen LogP contribution < -0.4 is 0 Å². The van der Waals surface area contributed by atoms with Crippen molar-refractivity contribution >= 4 is 26.4 Å². The van der Waals surface area contributed by atoms with E-state index in [0.717, 1.165) is 7.87 Å². The molecule has 0 fully saturated rings. The molecule has 0 N–H and O–H groups in total. The van der Waals surface area contributed by atoms with Crippen molar-refractivity contribution in [3.05, 3.63) is 0 Å². The molecule has 0 bridgehead atoms. The van der Waals surface area contributed by atoms with Gasteiger partial charge in [-0.2, -0.15) is 0 Å².